The molecule has 0 unspecified atom stereocenters. The van der Waals surface area contributed by atoms with Crippen LogP contribution in [0.4, 0.5) is 15.9 Å². The van der Waals surface area contributed by atoms with Crippen molar-refractivity contribution in [1.82, 2.24) is 10.3 Å². The van der Waals surface area contributed by atoms with E-state index in [1.165, 1.54) is 6.07 Å². The molecule has 0 saturated carbocycles. The highest BCUT2D eigenvalue weighted by Crippen LogP contribution is 2.35. The second-order valence-corrected chi connectivity index (χ2v) is 7.16. The van der Waals surface area contributed by atoms with Crippen LogP contribution in [0.2, 0.25) is 0 Å². The highest BCUT2D eigenvalue weighted by atomic mass is 19.1. The summed E-state index contributed by atoms with van der Waals surface area (Å²) in [5.41, 5.74) is 3.51. The first-order chi connectivity index (χ1) is 13.2. The van der Waals surface area contributed by atoms with Gasteiger partial charge in [0.05, 0.1) is 0 Å². The van der Waals surface area contributed by atoms with Crippen LogP contribution >= 0.6 is 0 Å². The summed E-state index contributed by atoms with van der Waals surface area (Å²) in [6, 6.07) is 11.8. The Balaban J connectivity index is 1.86. The molecule has 1 aliphatic rings. The number of rotatable bonds is 4. The van der Waals surface area contributed by atoms with Crippen molar-refractivity contribution >= 4 is 22.3 Å². The molecule has 1 aliphatic heterocycles. The Hall–Kier alpha value is -2.66. The predicted octanol–water partition coefficient (Wildman–Crippen LogP) is 4.55. The van der Waals surface area contributed by atoms with E-state index in [0.29, 0.717) is 11.6 Å². The molecule has 4 nitrogen and oxygen atoms in total. The largest absolute Gasteiger partial charge is 0.382 e. The lowest BCUT2D eigenvalue weighted by Crippen LogP contribution is -2.35. The van der Waals surface area contributed by atoms with Gasteiger partial charge in [-0.05, 0) is 68.2 Å². The first-order valence-corrected chi connectivity index (χ1v) is 9.50. The summed E-state index contributed by atoms with van der Waals surface area (Å²) in [7, 11) is 1.87. The van der Waals surface area contributed by atoms with E-state index in [2.05, 4.69) is 33.1 Å². The normalized spacial score (nSPS) is 15.1. The van der Waals surface area contributed by atoms with Gasteiger partial charge in [0, 0.05) is 41.3 Å². The Bertz CT molecular complexity index is 944. The summed E-state index contributed by atoms with van der Waals surface area (Å²) in [4.78, 5) is 4.45. The molecule has 0 amide bonds. The van der Waals surface area contributed by atoms with Crippen molar-refractivity contribution in [3.05, 3.63) is 54.0 Å². The Labute approximate surface area is 159 Å². The molecule has 1 saturated heterocycles. The molecular formula is C22H25FN4. The van der Waals surface area contributed by atoms with Crippen LogP contribution in [-0.4, -0.2) is 31.2 Å². The van der Waals surface area contributed by atoms with Gasteiger partial charge in [0.15, 0.2) is 0 Å². The fraction of sp³-hybridized carbons (Fsp3) is 0.318. The molecule has 0 atom stereocenters. The summed E-state index contributed by atoms with van der Waals surface area (Å²) >= 11 is 0. The molecule has 5 heteroatoms. The number of halogens is 1. The van der Waals surface area contributed by atoms with Gasteiger partial charge in [0.2, 0.25) is 0 Å². The Morgan fingerprint density at radius 2 is 1.96 bits per heavy atom. The third-order valence-electron chi connectivity index (χ3n) is 5.30. The summed E-state index contributed by atoms with van der Waals surface area (Å²) in [6.07, 6.45) is 4.01. The summed E-state index contributed by atoms with van der Waals surface area (Å²) in [5, 5.41) is 12.3. The van der Waals surface area contributed by atoms with Crippen molar-refractivity contribution in [3.8, 4) is 11.1 Å². The fourth-order valence-corrected chi connectivity index (χ4v) is 3.84. The van der Waals surface area contributed by atoms with E-state index in [4.69, 9.17) is 0 Å². The number of pyridine rings is 1. The van der Waals surface area contributed by atoms with Gasteiger partial charge in [-0.2, -0.15) is 0 Å². The zero-order chi connectivity index (χ0) is 18.8. The number of hydrogen-bond acceptors (Lipinski definition) is 4. The molecule has 3 aromatic rings. The van der Waals surface area contributed by atoms with E-state index in [1.807, 2.05) is 32.3 Å². The van der Waals surface area contributed by atoms with E-state index < -0.39 is 0 Å². The average molecular weight is 364 g/mol. The smallest absolute Gasteiger partial charge is 0.131 e. The van der Waals surface area contributed by atoms with Gasteiger partial charge in [0.1, 0.15) is 11.6 Å². The van der Waals surface area contributed by atoms with Gasteiger partial charge in [-0.3, -0.25) is 0 Å². The second kappa shape index (κ2) is 7.53. The van der Waals surface area contributed by atoms with Gasteiger partial charge in [0.25, 0.3) is 0 Å². The van der Waals surface area contributed by atoms with Crippen LogP contribution in [0.1, 0.15) is 18.4 Å². The first-order valence-electron chi connectivity index (χ1n) is 9.50. The molecule has 2 heterocycles. The summed E-state index contributed by atoms with van der Waals surface area (Å²) in [5.74, 6) is 0.632. The predicted molar refractivity (Wildman–Crippen MR) is 111 cm³/mol. The highest BCUT2D eigenvalue weighted by Gasteiger charge is 2.17. The molecule has 0 aliphatic carbocycles. The molecular weight excluding hydrogens is 339 g/mol. The average Bonchev–Trinajstić information content (AvgIpc) is 2.68. The topological polar surface area (TPSA) is 49.0 Å². The minimum absolute atomic E-state index is 0.193. The number of hydrogen-bond donors (Lipinski definition) is 3. The van der Waals surface area contributed by atoms with E-state index >= 15 is 0 Å². The molecule has 1 fully saturated rings. The second-order valence-electron chi connectivity index (χ2n) is 7.16. The number of piperidine rings is 1. The molecule has 0 spiro atoms. The fourth-order valence-electron chi connectivity index (χ4n) is 3.84. The van der Waals surface area contributed by atoms with Crippen LogP contribution in [0.25, 0.3) is 21.9 Å². The van der Waals surface area contributed by atoms with E-state index in [9.17, 15) is 4.39 Å². The van der Waals surface area contributed by atoms with E-state index in [0.717, 1.165) is 59.3 Å². The lowest BCUT2D eigenvalue weighted by atomic mass is 9.96. The summed E-state index contributed by atoms with van der Waals surface area (Å²) < 4.78 is 14.6. The van der Waals surface area contributed by atoms with Crippen molar-refractivity contribution in [2.45, 2.75) is 25.8 Å². The molecule has 2 aromatic carbocycles. The SMILES string of the molecule is CNc1cc2c(NC3CCNCC3)cc(-c3c(C)cccc3F)cc2cn1. The first kappa shape index (κ1) is 17.7. The number of nitrogens with one attached hydrogen (secondary N) is 3. The van der Waals surface area contributed by atoms with Gasteiger partial charge in [-0.1, -0.05) is 12.1 Å². The third kappa shape index (κ3) is 3.60. The zero-order valence-corrected chi connectivity index (χ0v) is 15.8. The minimum Gasteiger partial charge on any atom is -0.382 e. The lowest BCUT2D eigenvalue weighted by molar-refractivity contribution is 0.479. The molecule has 1 aromatic heterocycles. The zero-order valence-electron chi connectivity index (χ0n) is 15.8. The van der Waals surface area contributed by atoms with Crippen LogP contribution < -0.4 is 16.0 Å². The Morgan fingerprint density at radius 1 is 1.15 bits per heavy atom. The number of nitrogens with zero attached hydrogens (tertiary/aromatic N) is 1. The standard InChI is InChI=1S/C22H25FN4/c1-14-4-3-5-19(23)22(14)15-10-16-13-26-21(24-2)12-18(16)20(11-15)27-17-6-8-25-9-7-17/h3-5,10-13,17,25,27H,6-9H2,1-2H3,(H,24,26). The van der Waals surface area contributed by atoms with Crippen molar-refractivity contribution in [3.63, 3.8) is 0 Å². The molecule has 0 radical (unpaired) electrons. The molecule has 27 heavy (non-hydrogen) atoms. The van der Waals surface area contributed by atoms with Crippen molar-refractivity contribution < 1.29 is 4.39 Å². The van der Waals surface area contributed by atoms with Crippen LogP contribution in [0, 0.1) is 12.7 Å². The van der Waals surface area contributed by atoms with Crippen molar-refractivity contribution in [2.75, 3.05) is 30.8 Å². The van der Waals surface area contributed by atoms with E-state index in [1.54, 1.807) is 6.07 Å². The number of fused-ring (bicyclic) bond motifs is 1. The van der Waals surface area contributed by atoms with Crippen LogP contribution in [-0.2, 0) is 0 Å². The monoisotopic (exact) mass is 364 g/mol. The Morgan fingerprint density at radius 3 is 2.70 bits per heavy atom. The molecule has 140 valence electrons. The highest BCUT2D eigenvalue weighted by molar-refractivity contribution is 5.99. The van der Waals surface area contributed by atoms with Crippen molar-refractivity contribution in [1.29, 1.82) is 0 Å². The number of aromatic nitrogens is 1. The third-order valence-corrected chi connectivity index (χ3v) is 5.30. The number of anilines is 2. The quantitative estimate of drug-likeness (QED) is 0.635. The number of benzene rings is 2. The minimum atomic E-state index is -0.193. The maximum atomic E-state index is 14.6. The van der Waals surface area contributed by atoms with Crippen LogP contribution in [0.5, 0.6) is 0 Å². The number of aryl methyl sites for hydroxylation is 1. The van der Waals surface area contributed by atoms with Crippen molar-refractivity contribution in [2.24, 2.45) is 0 Å². The Kier molecular flexibility index (Phi) is 4.94. The molecule has 3 N–H and O–H groups in total. The maximum absolute atomic E-state index is 14.6. The summed E-state index contributed by atoms with van der Waals surface area (Å²) in [6.45, 7) is 3.99. The van der Waals surface area contributed by atoms with Gasteiger partial charge < -0.3 is 16.0 Å². The van der Waals surface area contributed by atoms with Gasteiger partial charge in [-0.15, -0.1) is 0 Å². The van der Waals surface area contributed by atoms with Crippen LogP contribution in [0.3, 0.4) is 0 Å². The molecule has 0 bridgehead atoms. The molecule has 4 rings (SSSR count). The van der Waals surface area contributed by atoms with Crippen LogP contribution in [0.15, 0.2) is 42.6 Å². The van der Waals surface area contributed by atoms with Gasteiger partial charge in [-0.25, -0.2) is 9.37 Å². The van der Waals surface area contributed by atoms with E-state index in [-0.39, 0.29) is 5.82 Å². The van der Waals surface area contributed by atoms with Gasteiger partial charge >= 0.3 is 0 Å². The lowest BCUT2D eigenvalue weighted by Gasteiger charge is -2.26. The maximum Gasteiger partial charge on any atom is 0.131 e.